The first kappa shape index (κ1) is 22.8. The maximum Gasteiger partial charge on any atom is 0.418 e. The Bertz CT molecular complexity index is 1500. The number of anilines is 2. The number of ether oxygens (including phenoxy) is 1. The first-order valence-corrected chi connectivity index (χ1v) is 10.8. The van der Waals surface area contributed by atoms with Gasteiger partial charge in [-0.15, -0.1) is 0 Å². The average molecular weight is 502 g/mol. The first-order chi connectivity index (χ1) is 16.6. The Morgan fingerprint density at radius 3 is 2.74 bits per heavy atom. The Morgan fingerprint density at radius 1 is 1.20 bits per heavy atom. The van der Waals surface area contributed by atoms with Crippen molar-refractivity contribution in [3.8, 4) is 17.0 Å². The molecule has 0 fully saturated rings. The number of aromatic nitrogens is 2. The standard InChI is InChI=1S/C23H19ClF3N7O/c1-11-4-16(29)33-20(18(11)23(25,26)27)14-6-15-17-21(19(14)24)31-10-32-22(17)34(2-3-35-15)9-12-5-13(28)8-30-7-12/h2-8,32H,9-10,28H2,1H3,(H2,29,33). The molecule has 5 N–H and O–H groups in total. The normalized spacial score (nSPS) is 14.5. The summed E-state index contributed by atoms with van der Waals surface area (Å²) >= 11 is 6.68. The molecule has 8 nitrogen and oxygen atoms in total. The molecule has 0 bridgehead atoms. The van der Waals surface area contributed by atoms with Gasteiger partial charge in [-0.05, 0) is 36.2 Å². The minimum atomic E-state index is -4.67. The van der Waals surface area contributed by atoms with Crippen LogP contribution in [0.25, 0.3) is 17.1 Å². The molecule has 0 atom stereocenters. The lowest BCUT2D eigenvalue weighted by Crippen LogP contribution is -2.44. The van der Waals surface area contributed by atoms with Gasteiger partial charge < -0.3 is 26.4 Å². The lowest BCUT2D eigenvalue weighted by molar-refractivity contribution is -0.137. The predicted octanol–water partition coefficient (Wildman–Crippen LogP) is 2.90. The van der Waals surface area contributed by atoms with E-state index < -0.39 is 11.7 Å². The summed E-state index contributed by atoms with van der Waals surface area (Å²) in [5, 5.41) is 4.03. The SMILES string of the molecule is Cc1cc(N)nc(-c2cc3c4c(c2Cl)=NCNC=4N(Cc2cncc(N)c2)C=CO3)c1C(F)(F)F. The molecular formula is C23H19ClF3N7O. The third kappa shape index (κ3) is 4.08. The number of nitrogens with one attached hydrogen (secondary N) is 1. The Kier molecular flexibility index (Phi) is 5.43. The molecule has 35 heavy (non-hydrogen) atoms. The van der Waals surface area contributed by atoms with E-state index in [4.69, 9.17) is 27.8 Å². The van der Waals surface area contributed by atoms with E-state index in [9.17, 15) is 13.2 Å². The van der Waals surface area contributed by atoms with E-state index in [1.54, 1.807) is 24.7 Å². The fraction of sp³-hybridized carbons (Fsp3) is 0.174. The van der Waals surface area contributed by atoms with Gasteiger partial charge in [0.2, 0.25) is 0 Å². The zero-order valence-electron chi connectivity index (χ0n) is 18.3. The predicted molar refractivity (Wildman–Crippen MR) is 125 cm³/mol. The summed E-state index contributed by atoms with van der Waals surface area (Å²) < 4.78 is 47.7. The van der Waals surface area contributed by atoms with Crippen molar-refractivity contribution in [2.24, 2.45) is 4.99 Å². The molecule has 0 radical (unpaired) electrons. The first-order valence-electron chi connectivity index (χ1n) is 10.4. The third-order valence-electron chi connectivity index (χ3n) is 5.59. The van der Waals surface area contributed by atoms with Crippen molar-refractivity contribution < 1.29 is 17.9 Å². The summed E-state index contributed by atoms with van der Waals surface area (Å²) in [4.78, 5) is 14.4. The van der Waals surface area contributed by atoms with Gasteiger partial charge in [0.05, 0.1) is 39.1 Å². The number of halogens is 4. The minimum absolute atomic E-state index is 0.0156. The number of nitrogens with two attached hydrogens (primary N) is 2. The van der Waals surface area contributed by atoms with Crippen molar-refractivity contribution in [1.29, 1.82) is 0 Å². The molecule has 2 aromatic heterocycles. The Balaban J connectivity index is 1.74. The van der Waals surface area contributed by atoms with E-state index in [-0.39, 0.29) is 40.1 Å². The van der Waals surface area contributed by atoms with Crippen LogP contribution in [0, 0.1) is 6.92 Å². The molecule has 4 heterocycles. The minimum Gasteiger partial charge on any atom is -0.463 e. The Hall–Kier alpha value is -3.99. The highest BCUT2D eigenvalue weighted by molar-refractivity contribution is 6.33. The second kappa shape index (κ2) is 8.35. The molecule has 180 valence electrons. The number of alkyl halides is 3. The van der Waals surface area contributed by atoms with Crippen LogP contribution in [-0.4, -0.2) is 21.5 Å². The van der Waals surface area contributed by atoms with Gasteiger partial charge >= 0.3 is 6.18 Å². The van der Waals surface area contributed by atoms with Gasteiger partial charge in [0.25, 0.3) is 0 Å². The topological polar surface area (TPSA) is 115 Å². The van der Waals surface area contributed by atoms with E-state index >= 15 is 0 Å². The number of hydrogen-bond donors (Lipinski definition) is 3. The second-order valence-corrected chi connectivity index (χ2v) is 8.42. The Labute approximate surface area is 202 Å². The summed E-state index contributed by atoms with van der Waals surface area (Å²) in [7, 11) is 0. The second-order valence-electron chi connectivity index (χ2n) is 8.04. The number of aryl methyl sites for hydroxylation is 1. The number of rotatable bonds is 3. The van der Waals surface area contributed by atoms with E-state index in [1.165, 1.54) is 25.3 Å². The van der Waals surface area contributed by atoms with E-state index in [0.717, 1.165) is 5.56 Å². The van der Waals surface area contributed by atoms with Crippen molar-refractivity contribution in [1.82, 2.24) is 20.2 Å². The van der Waals surface area contributed by atoms with Gasteiger partial charge in [-0.1, -0.05) is 11.6 Å². The van der Waals surface area contributed by atoms with Gasteiger partial charge in [-0.25, -0.2) is 4.98 Å². The molecule has 1 aromatic carbocycles. The third-order valence-corrected chi connectivity index (χ3v) is 5.97. The fourth-order valence-corrected chi connectivity index (χ4v) is 4.51. The maximum absolute atomic E-state index is 14.0. The number of nitrogen functional groups attached to an aromatic ring is 2. The van der Waals surface area contributed by atoms with Crippen LogP contribution in [0.3, 0.4) is 0 Å². The molecule has 2 aliphatic rings. The largest absolute Gasteiger partial charge is 0.463 e. The van der Waals surface area contributed by atoms with Gasteiger partial charge in [0.15, 0.2) is 0 Å². The number of hydrogen-bond acceptors (Lipinski definition) is 8. The van der Waals surface area contributed by atoms with E-state index in [2.05, 4.69) is 20.3 Å². The van der Waals surface area contributed by atoms with Crippen LogP contribution in [-0.2, 0) is 12.7 Å². The molecule has 12 heteroatoms. The molecule has 0 aliphatic carbocycles. The summed E-state index contributed by atoms with van der Waals surface area (Å²) in [6.45, 7) is 1.88. The van der Waals surface area contributed by atoms with Gasteiger partial charge in [0.1, 0.15) is 30.3 Å². The van der Waals surface area contributed by atoms with Gasteiger partial charge in [-0.3, -0.25) is 9.98 Å². The van der Waals surface area contributed by atoms with Crippen LogP contribution in [0.4, 0.5) is 24.7 Å². The summed E-state index contributed by atoms with van der Waals surface area (Å²) in [6, 6.07) is 4.40. The number of pyridine rings is 2. The lowest BCUT2D eigenvalue weighted by atomic mass is 9.99. The number of nitrogens with zero attached hydrogens (tertiary/aromatic N) is 4. The summed E-state index contributed by atoms with van der Waals surface area (Å²) in [5.41, 5.74) is 11.7. The zero-order valence-corrected chi connectivity index (χ0v) is 19.1. The molecule has 0 unspecified atom stereocenters. The van der Waals surface area contributed by atoms with Crippen molar-refractivity contribution in [3.63, 3.8) is 0 Å². The van der Waals surface area contributed by atoms with Crippen molar-refractivity contribution in [2.75, 3.05) is 18.1 Å². The zero-order chi connectivity index (χ0) is 24.9. The molecule has 5 rings (SSSR count). The number of benzene rings is 1. The molecule has 2 aliphatic heterocycles. The molecule has 0 saturated carbocycles. The maximum atomic E-state index is 14.0. The molecule has 0 saturated heterocycles. The quantitative estimate of drug-likeness (QED) is 0.505. The van der Waals surface area contributed by atoms with Crippen LogP contribution in [0.1, 0.15) is 16.7 Å². The van der Waals surface area contributed by atoms with Gasteiger partial charge in [0, 0.05) is 24.2 Å². The van der Waals surface area contributed by atoms with Crippen LogP contribution in [0.5, 0.6) is 5.75 Å². The molecule has 0 spiro atoms. The highest BCUT2D eigenvalue weighted by Crippen LogP contribution is 2.41. The van der Waals surface area contributed by atoms with Crippen molar-refractivity contribution in [3.05, 3.63) is 75.3 Å². The molecule has 3 aromatic rings. The van der Waals surface area contributed by atoms with E-state index in [0.29, 0.717) is 28.6 Å². The van der Waals surface area contributed by atoms with Crippen LogP contribution in [0.2, 0.25) is 5.02 Å². The highest BCUT2D eigenvalue weighted by atomic mass is 35.5. The van der Waals surface area contributed by atoms with Crippen molar-refractivity contribution in [2.45, 2.75) is 19.6 Å². The molecule has 0 amide bonds. The average Bonchev–Trinajstić information content (AvgIpc) is 2.95. The lowest BCUT2D eigenvalue weighted by Gasteiger charge is -2.25. The van der Waals surface area contributed by atoms with E-state index in [1.807, 2.05) is 4.90 Å². The smallest absolute Gasteiger partial charge is 0.418 e. The molecular weight excluding hydrogens is 483 g/mol. The van der Waals surface area contributed by atoms with Crippen LogP contribution >= 0.6 is 11.6 Å². The highest BCUT2D eigenvalue weighted by Gasteiger charge is 2.38. The monoisotopic (exact) mass is 501 g/mol. The van der Waals surface area contributed by atoms with Gasteiger partial charge in [-0.2, -0.15) is 13.2 Å². The van der Waals surface area contributed by atoms with Crippen molar-refractivity contribution >= 4 is 28.9 Å². The van der Waals surface area contributed by atoms with Crippen LogP contribution < -0.4 is 32.1 Å². The van der Waals surface area contributed by atoms with Crippen LogP contribution in [0.15, 0.2) is 48.0 Å². The summed E-state index contributed by atoms with van der Waals surface area (Å²) in [5.74, 6) is 0.839. The summed E-state index contributed by atoms with van der Waals surface area (Å²) in [6.07, 6.45) is 1.69. The Morgan fingerprint density at radius 2 is 2.00 bits per heavy atom. The fourth-order valence-electron chi connectivity index (χ4n) is 4.22.